The lowest BCUT2D eigenvalue weighted by Crippen LogP contribution is -2.02. The van der Waals surface area contributed by atoms with Gasteiger partial charge in [0.15, 0.2) is 34.6 Å². The Morgan fingerprint density at radius 3 is 1.23 bits per heavy atom. The molecule has 0 aliphatic heterocycles. The first-order valence-electron chi connectivity index (χ1n) is 9.14. The molecule has 0 saturated heterocycles. The van der Waals surface area contributed by atoms with Gasteiger partial charge in [-0.3, -0.25) is 9.59 Å². The van der Waals surface area contributed by atoms with Gasteiger partial charge in [0, 0.05) is 0 Å². The van der Waals surface area contributed by atoms with Gasteiger partial charge >= 0.3 is 0 Å². The second-order valence-electron chi connectivity index (χ2n) is 6.32. The summed E-state index contributed by atoms with van der Waals surface area (Å²) in [6.45, 7) is 0. The lowest BCUT2D eigenvalue weighted by atomic mass is 10.1. The molecule has 2 aromatic carbocycles. The van der Waals surface area contributed by atoms with E-state index in [0.29, 0.717) is 11.1 Å². The van der Waals surface area contributed by atoms with Crippen molar-refractivity contribution in [3.63, 3.8) is 0 Å². The van der Waals surface area contributed by atoms with Crippen LogP contribution in [0.25, 0.3) is 12.2 Å². The molecule has 0 heterocycles. The Bertz CT molecular complexity index is 889. The van der Waals surface area contributed by atoms with Crippen molar-refractivity contribution in [2.45, 2.75) is 6.42 Å². The average Bonchev–Trinajstić information content (AvgIpc) is 2.77. The smallest absolute Gasteiger partial charge is 0.200 e. The average molecular weight is 428 g/mol. The lowest BCUT2D eigenvalue weighted by molar-refractivity contribution is -0.121. The van der Waals surface area contributed by atoms with E-state index in [1.165, 1.54) is 77.0 Å². The third-order valence-corrected chi connectivity index (χ3v) is 4.28. The van der Waals surface area contributed by atoms with Gasteiger partial charge in [0.05, 0.1) is 34.9 Å². The molecule has 8 heteroatoms. The fourth-order valence-electron chi connectivity index (χ4n) is 2.69. The van der Waals surface area contributed by atoms with Crippen LogP contribution in [-0.2, 0) is 9.59 Å². The number of aromatic hydroxyl groups is 2. The van der Waals surface area contributed by atoms with Gasteiger partial charge in [-0.05, 0) is 47.5 Å². The minimum Gasteiger partial charge on any atom is -0.502 e. The molecule has 2 N–H and O–H groups in total. The van der Waals surface area contributed by atoms with Crippen LogP contribution < -0.4 is 18.9 Å². The van der Waals surface area contributed by atoms with Crippen molar-refractivity contribution in [2.24, 2.45) is 0 Å². The second-order valence-corrected chi connectivity index (χ2v) is 6.32. The van der Waals surface area contributed by atoms with Gasteiger partial charge in [0.1, 0.15) is 0 Å². The molecule has 0 unspecified atom stereocenters. The molecule has 0 aromatic heterocycles. The van der Waals surface area contributed by atoms with Crippen LogP contribution in [0.3, 0.4) is 0 Å². The summed E-state index contributed by atoms with van der Waals surface area (Å²) in [5.74, 6) is -0.290. The highest BCUT2D eigenvalue weighted by Crippen LogP contribution is 2.38. The predicted octanol–water partition coefficient (Wildman–Crippen LogP) is 3.39. The number of carbonyl (C=O) groups is 2. The van der Waals surface area contributed by atoms with Crippen molar-refractivity contribution in [1.29, 1.82) is 0 Å². The Morgan fingerprint density at radius 2 is 0.968 bits per heavy atom. The molecular weight excluding hydrogens is 404 g/mol. The molecule has 0 fully saturated rings. The van der Waals surface area contributed by atoms with Gasteiger partial charge in [0.2, 0.25) is 11.5 Å². The Hall–Kier alpha value is -3.94. The number of hydrogen-bond acceptors (Lipinski definition) is 8. The third kappa shape index (κ3) is 6.02. The third-order valence-electron chi connectivity index (χ3n) is 4.28. The van der Waals surface area contributed by atoms with E-state index >= 15 is 0 Å². The fourth-order valence-corrected chi connectivity index (χ4v) is 2.69. The van der Waals surface area contributed by atoms with Crippen LogP contribution in [-0.4, -0.2) is 50.2 Å². The maximum absolute atomic E-state index is 12.1. The number of hydrogen-bond donors (Lipinski definition) is 2. The molecule has 2 rings (SSSR count). The molecule has 8 nitrogen and oxygen atoms in total. The molecule has 0 aliphatic rings. The Labute approximate surface area is 179 Å². The Morgan fingerprint density at radius 1 is 0.677 bits per heavy atom. The van der Waals surface area contributed by atoms with E-state index in [2.05, 4.69) is 0 Å². The summed E-state index contributed by atoms with van der Waals surface area (Å²) in [6, 6.07) is 6.15. The molecule has 164 valence electrons. The zero-order valence-electron chi connectivity index (χ0n) is 17.7. The number of rotatable bonds is 10. The Kier molecular flexibility index (Phi) is 8.08. The number of phenolic OH excluding ortho intramolecular Hbond substituents is 2. The van der Waals surface area contributed by atoms with E-state index in [-0.39, 0.29) is 40.9 Å². The van der Waals surface area contributed by atoms with Crippen LogP contribution >= 0.6 is 0 Å². The molecule has 0 atom stereocenters. The van der Waals surface area contributed by atoms with Gasteiger partial charge < -0.3 is 29.2 Å². The molecular formula is C23H24O8. The normalized spacial score (nSPS) is 11.0. The summed E-state index contributed by atoms with van der Waals surface area (Å²) in [5, 5.41) is 19.8. The highest BCUT2D eigenvalue weighted by Gasteiger charge is 2.12. The number of allylic oxidation sites excluding steroid dienone is 2. The fraction of sp³-hybridized carbons (Fsp3) is 0.217. The van der Waals surface area contributed by atoms with Gasteiger partial charge in [-0.15, -0.1) is 0 Å². The van der Waals surface area contributed by atoms with E-state index < -0.39 is 11.6 Å². The number of ether oxygens (including phenoxy) is 4. The number of phenols is 2. The first kappa shape index (κ1) is 23.3. The molecule has 0 spiro atoms. The van der Waals surface area contributed by atoms with Gasteiger partial charge in [-0.25, -0.2) is 0 Å². The summed E-state index contributed by atoms with van der Waals surface area (Å²) < 4.78 is 20.3. The van der Waals surface area contributed by atoms with Crippen molar-refractivity contribution in [1.82, 2.24) is 0 Å². The Balaban J connectivity index is 2.07. The highest BCUT2D eigenvalue weighted by molar-refractivity contribution is 6.10. The topological polar surface area (TPSA) is 112 Å². The van der Waals surface area contributed by atoms with Crippen molar-refractivity contribution in [3.8, 4) is 34.5 Å². The first-order valence-corrected chi connectivity index (χ1v) is 9.14. The van der Waals surface area contributed by atoms with Crippen molar-refractivity contribution in [3.05, 3.63) is 47.5 Å². The van der Waals surface area contributed by atoms with E-state index in [0.717, 1.165) is 0 Å². The van der Waals surface area contributed by atoms with E-state index in [1.807, 2.05) is 0 Å². The van der Waals surface area contributed by atoms with Crippen molar-refractivity contribution in [2.75, 3.05) is 28.4 Å². The van der Waals surface area contributed by atoms with Gasteiger partial charge in [0.25, 0.3) is 0 Å². The molecule has 31 heavy (non-hydrogen) atoms. The summed E-state index contributed by atoms with van der Waals surface area (Å²) in [6.07, 6.45) is 5.21. The van der Waals surface area contributed by atoms with Gasteiger partial charge in [-0.1, -0.05) is 12.2 Å². The number of methoxy groups -OCH3 is 4. The molecule has 0 radical (unpaired) electrons. The maximum atomic E-state index is 12.1. The molecule has 0 aliphatic carbocycles. The van der Waals surface area contributed by atoms with Gasteiger partial charge in [-0.2, -0.15) is 0 Å². The summed E-state index contributed by atoms with van der Waals surface area (Å²) in [7, 11) is 5.60. The van der Waals surface area contributed by atoms with Crippen molar-refractivity contribution < 1.29 is 38.7 Å². The van der Waals surface area contributed by atoms with Crippen molar-refractivity contribution >= 4 is 23.7 Å². The minimum atomic E-state index is -0.401. The maximum Gasteiger partial charge on any atom is 0.200 e. The zero-order valence-corrected chi connectivity index (χ0v) is 17.7. The van der Waals surface area contributed by atoms with E-state index in [9.17, 15) is 19.8 Å². The number of carbonyl (C=O) groups excluding carboxylic acids is 2. The molecule has 2 aromatic rings. The summed E-state index contributed by atoms with van der Waals surface area (Å²) in [5.41, 5.74) is 1.12. The number of ketones is 2. The summed E-state index contributed by atoms with van der Waals surface area (Å²) in [4.78, 5) is 24.3. The summed E-state index contributed by atoms with van der Waals surface area (Å²) >= 11 is 0. The number of benzene rings is 2. The minimum absolute atomic E-state index is 0.142. The highest BCUT2D eigenvalue weighted by atomic mass is 16.5. The molecule has 0 saturated carbocycles. The van der Waals surface area contributed by atoms with Crippen LogP contribution in [0.1, 0.15) is 17.5 Å². The quantitative estimate of drug-likeness (QED) is 0.438. The second kappa shape index (κ2) is 10.7. The van der Waals surface area contributed by atoms with E-state index in [1.54, 1.807) is 0 Å². The predicted molar refractivity (Wildman–Crippen MR) is 115 cm³/mol. The van der Waals surface area contributed by atoms with Crippen LogP contribution in [0, 0.1) is 0 Å². The van der Waals surface area contributed by atoms with E-state index in [4.69, 9.17) is 18.9 Å². The van der Waals surface area contributed by atoms with Crippen LogP contribution in [0.2, 0.25) is 0 Å². The molecule has 0 bridgehead atoms. The SMILES string of the molecule is COc1cc(/C=C/C(=O)CC(=O)/C=C/c2cc(OC)c(O)c(OC)c2)cc(OC)c1O. The van der Waals surface area contributed by atoms with Crippen LogP contribution in [0.15, 0.2) is 36.4 Å². The zero-order chi connectivity index (χ0) is 23.0. The standard InChI is InChI=1S/C23H24O8/c1-28-18-9-14(10-19(29-2)22(18)26)5-7-16(24)13-17(25)8-6-15-11-20(30-3)23(27)21(12-15)31-4/h5-12,26-27H,13H2,1-4H3/b7-5+,8-6+. The lowest BCUT2D eigenvalue weighted by Gasteiger charge is -2.09. The largest absolute Gasteiger partial charge is 0.502 e. The van der Waals surface area contributed by atoms with Crippen LogP contribution in [0.4, 0.5) is 0 Å². The molecule has 0 amide bonds. The monoisotopic (exact) mass is 428 g/mol. The first-order chi connectivity index (χ1) is 14.8. The van der Waals surface area contributed by atoms with Crippen LogP contribution in [0.5, 0.6) is 34.5 Å².